The van der Waals surface area contributed by atoms with Crippen molar-refractivity contribution in [3.05, 3.63) is 35.4 Å². The van der Waals surface area contributed by atoms with E-state index in [1.54, 1.807) is 0 Å². The van der Waals surface area contributed by atoms with Crippen molar-refractivity contribution < 1.29 is 14.7 Å². The Morgan fingerprint density at radius 3 is 2.61 bits per heavy atom. The summed E-state index contributed by atoms with van der Waals surface area (Å²) in [6.07, 6.45) is 3.68. The second kappa shape index (κ2) is 5.99. The highest BCUT2D eigenvalue weighted by molar-refractivity contribution is 5.80. The molecule has 0 aromatic heterocycles. The molecule has 1 saturated carbocycles. The smallest absolute Gasteiger partial charge is 0.306 e. The van der Waals surface area contributed by atoms with Crippen LogP contribution in [0, 0.1) is 11.8 Å². The van der Waals surface area contributed by atoms with E-state index < -0.39 is 5.97 Å². The number of carbonyl (C=O) groups excluding carboxylic acids is 1. The normalized spacial score (nSPS) is 28.9. The molecule has 1 fully saturated rings. The summed E-state index contributed by atoms with van der Waals surface area (Å²) in [4.78, 5) is 23.8. The van der Waals surface area contributed by atoms with Crippen molar-refractivity contribution in [3.8, 4) is 0 Å². The lowest BCUT2D eigenvalue weighted by molar-refractivity contribution is -0.144. The molecule has 0 heterocycles. The number of carbonyl (C=O) groups is 2. The van der Waals surface area contributed by atoms with Crippen LogP contribution in [0.1, 0.15) is 63.1 Å². The first-order chi connectivity index (χ1) is 10.9. The minimum absolute atomic E-state index is 0.0217. The molecule has 124 valence electrons. The van der Waals surface area contributed by atoms with E-state index in [2.05, 4.69) is 31.3 Å². The summed E-state index contributed by atoms with van der Waals surface area (Å²) in [5.41, 5.74) is 2.57. The first-order valence-electron chi connectivity index (χ1n) is 8.51. The van der Waals surface area contributed by atoms with Gasteiger partial charge in [0.25, 0.3) is 0 Å². The second-order valence-corrected chi connectivity index (χ2v) is 7.64. The summed E-state index contributed by atoms with van der Waals surface area (Å²) in [5, 5.41) is 12.4. The molecule has 3 unspecified atom stereocenters. The van der Waals surface area contributed by atoms with E-state index in [9.17, 15) is 14.7 Å². The fourth-order valence-corrected chi connectivity index (χ4v) is 4.22. The van der Waals surface area contributed by atoms with Gasteiger partial charge in [-0.2, -0.15) is 0 Å². The number of rotatable bonds is 3. The highest BCUT2D eigenvalue weighted by Gasteiger charge is 2.38. The Morgan fingerprint density at radius 1 is 1.17 bits per heavy atom. The van der Waals surface area contributed by atoms with Gasteiger partial charge in [0, 0.05) is 5.92 Å². The number of carboxylic acids is 1. The fraction of sp³-hybridized carbons (Fsp3) is 0.579. The lowest BCUT2D eigenvalue weighted by Gasteiger charge is -2.27. The van der Waals surface area contributed by atoms with Crippen LogP contribution in [-0.2, 0) is 15.0 Å². The largest absolute Gasteiger partial charge is 0.481 e. The predicted molar refractivity (Wildman–Crippen MR) is 88.1 cm³/mol. The highest BCUT2D eigenvalue weighted by atomic mass is 16.4. The number of aliphatic carboxylic acids is 1. The molecule has 0 aliphatic heterocycles. The molecular formula is C19H25NO3. The maximum absolute atomic E-state index is 12.6. The van der Waals surface area contributed by atoms with Gasteiger partial charge in [-0.05, 0) is 42.2 Å². The van der Waals surface area contributed by atoms with Crippen LogP contribution < -0.4 is 5.32 Å². The molecule has 1 aromatic carbocycles. The zero-order valence-corrected chi connectivity index (χ0v) is 13.8. The monoisotopic (exact) mass is 315 g/mol. The number of carboxylic acid groups (broad SMARTS) is 1. The molecule has 3 rings (SSSR count). The average Bonchev–Trinajstić information content (AvgIpc) is 2.79. The maximum atomic E-state index is 12.6. The Labute approximate surface area is 137 Å². The molecule has 2 aliphatic rings. The standard InChI is InChI=1S/C19H25NO3/c1-19(2)11-16(14-8-3-4-9-15(14)19)20-17(21)12-6-5-7-13(10-12)18(22)23/h3-4,8-9,12-13,16H,5-7,10-11H2,1-2H3,(H,20,21)(H,22,23). The van der Waals surface area contributed by atoms with Crippen LogP contribution in [0.25, 0.3) is 0 Å². The molecule has 2 N–H and O–H groups in total. The SMILES string of the molecule is CC1(C)CC(NC(=O)C2CCCC(C(=O)O)C2)c2ccccc21. The molecule has 3 atom stereocenters. The van der Waals surface area contributed by atoms with Gasteiger partial charge in [0.1, 0.15) is 0 Å². The van der Waals surface area contributed by atoms with Gasteiger partial charge < -0.3 is 10.4 Å². The number of hydrogen-bond donors (Lipinski definition) is 2. The van der Waals surface area contributed by atoms with Crippen LogP contribution in [0.5, 0.6) is 0 Å². The minimum Gasteiger partial charge on any atom is -0.481 e. The second-order valence-electron chi connectivity index (χ2n) is 7.64. The molecule has 0 spiro atoms. The lowest BCUT2D eigenvalue weighted by atomic mass is 9.81. The first kappa shape index (κ1) is 16.0. The van der Waals surface area contributed by atoms with Crippen LogP contribution >= 0.6 is 0 Å². The molecule has 2 aliphatic carbocycles. The van der Waals surface area contributed by atoms with Gasteiger partial charge in [-0.15, -0.1) is 0 Å². The highest BCUT2D eigenvalue weighted by Crippen LogP contribution is 2.44. The van der Waals surface area contributed by atoms with Crippen molar-refractivity contribution in [3.63, 3.8) is 0 Å². The summed E-state index contributed by atoms with van der Waals surface area (Å²) in [7, 11) is 0. The van der Waals surface area contributed by atoms with E-state index in [4.69, 9.17) is 0 Å². The van der Waals surface area contributed by atoms with Gasteiger partial charge in [0.05, 0.1) is 12.0 Å². The van der Waals surface area contributed by atoms with Gasteiger partial charge in [0.2, 0.25) is 5.91 Å². The topological polar surface area (TPSA) is 66.4 Å². The predicted octanol–water partition coefficient (Wildman–Crippen LogP) is 3.42. The zero-order chi connectivity index (χ0) is 16.6. The number of amides is 1. The first-order valence-corrected chi connectivity index (χ1v) is 8.51. The summed E-state index contributed by atoms with van der Waals surface area (Å²) < 4.78 is 0. The van der Waals surface area contributed by atoms with E-state index in [0.29, 0.717) is 12.8 Å². The summed E-state index contributed by atoms with van der Waals surface area (Å²) in [5.74, 6) is -1.28. The summed E-state index contributed by atoms with van der Waals surface area (Å²) in [6, 6.07) is 8.33. The van der Waals surface area contributed by atoms with E-state index in [1.807, 2.05) is 12.1 Å². The fourth-order valence-electron chi connectivity index (χ4n) is 4.22. The van der Waals surface area contributed by atoms with E-state index in [-0.39, 0.29) is 29.2 Å². The molecule has 23 heavy (non-hydrogen) atoms. The van der Waals surface area contributed by atoms with Gasteiger partial charge in [-0.1, -0.05) is 44.5 Å². The van der Waals surface area contributed by atoms with Crippen molar-refractivity contribution in [1.82, 2.24) is 5.32 Å². The van der Waals surface area contributed by atoms with Crippen LogP contribution in [0.3, 0.4) is 0 Å². The molecule has 1 amide bonds. The van der Waals surface area contributed by atoms with E-state index in [0.717, 1.165) is 19.3 Å². The van der Waals surface area contributed by atoms with Crippen LogP contribution in [0.4, 0.5) is 0 Å². The van der Waals surface area contributed by atoms with Crippen molar-refractivity contribution in [2.75, 3.05) is 0 Å². The zero-order valence-electron chi connectivity index (χ0n) is 13.8. The Morgan fingerprint density at radius 2 is 1.87 bits per heavy atom. The Hall–Kier alpha value is -1.84. The third-order valence-corrected chi connectivity index (χ3v) is 5.49. The number of nitrogens with one attached hydrogen (secondary N) is 1. The van der Waals surface area contributed by atoms with Crippen LogP contribution in [-0.4, -0.2) is 17.0 Å². The van der Waals surface area contributed by atoms with Crippen molar-refractivity contribution in [2.24, 2.45) is 11.8 Å². The third kappa shape index (κ3) is 3.12. The van der Waals surface area contributed by atoms with Crippen LogP contribution in [0.2, 0.25) is 0 Å². The minimum atomic E-state index is -0.769. The van der Waals surface area contributed by atoms with Gasteiger partial charge >= 0.3 is 5.97 Å². The lowest BCUT2D eigenvalue weighted by Crippen LogP contribution is -2.37. The van der Waals surface area contributed by atoms with Crippen LogP contribution in [0.15, 0.2) is 24.3 Å². The third-order valence-electron chi connectivity index (χ3n) is 5.49. The number of hydrogen-bond acceptors (Lipinski definition) is 2. The Bertz CT molecular complexity index is 623. The molecule has 4 nitrogen and oxygen atoms in total. The molecule has 0 radical (unpaired) electrons. The van der Waals surface area contributed by atoms with Crippen molar-refractivity contribution in [2.45, 2.75) is 57.4 Å². The van der Waals surface area contributed by atoms with E-state index >= 15 is 0 Å². The maximum Gasteiger partial charge on any atom is 0.306 e. The quantitative estimate of drug-likeness (QED) is 0.898. The van der Waals surface area contributed by atoms with Gasteiger partial charge in [0.15, 0.2) is 0 Å². The molecule has 0 saturated heterocycles. The summed E-state index contributed by atoms with van der Waals surface area (Å²) >= 11 is 0. The van der Waals surface area contributed by atoms with E-state index in [1.165, 1.54) is 11.1 Å². The molecule has 1 aromatic rings. The Balaban J connectivity index is 1.70. The Kier molecular flexibility index (Phi) is 4.17. The molecular weight excluding hydrogens is 290 g/mol. The van der Waals surface area contributed by atoms with Crippen molar-refractivity contribution in [1.29, 1.82) is 0 Å². The van der Waals surface area contributed by atoms with Gasteiger partial charge in [-0.25, -0.2) is 0 Å². The van der Waals surface area contributed by atoms with Gasteiger partial charge in [-0.3, -0.25) is 9.59 Å². The average molecular weight is 315 g/mol. The number of benzene rings is 1. The molecule has 4 heteroatoms. The summed E-state index contributed by atoms with van der Waals surface area (Å²) in [6.45, 7) is 4.41. The molecule has 0 bridgehead atoms. The van der Waals surface area contributed by atoms with Crippen molar-refractivity contribution >= 4 is 11.9 Å². The number of fused-ring (bicyclic) bond motifs is 1.